The van der Waals surface area contributed by atoms with Crippen molar-refractivity contribution in [3.05, 3.63) is 28.4 Å². The number of hydrogen-bond acceptors (Lipinski definition) is 4. The van der Waals surface area contributed by atoms with E-state index in [-0.39, 0.29) is 4.75 Å². The molecular formula is C14H21BrN2O2S. The minimum Gasteiger partial charge on any atom is -0.598 e. The van der Waals surface area contributed by atoms with Crippen LogP contribution in [-0.2, 0) is 11.4 Å². The van der Waals surface area contributed by atoms with E-state index in [1.54, 1.807) is 13.3 Å². The van der Waals surface area contributed by atoms with Gasteiger partial charge in [-0.1, -0.05) is 12.2 Å². The molecule has 0 fully saturated rings. The molecule has 1 atom stereocenters. The number of rotatable bonds is 6. The zero-order valence-electron chi connectivity index (χ0n) is 12.3. The highest BCUT2D eigenvalue weighted by Gasteiger charge is 2.25. The third-order valence-electron chi connectivity index (χ3n) is 2.44. The number of ether oxygens (including phenoxy) is 1. The summed E-state index contributed by atoms with van der Waals surface area (Å²) in [7, 11) is 1.60. The standard InChI is InChI=1S/C14H21BrN2O2S/c1-14(2,3)20(18)17-8-6-5-7-11-9-12(15)10-16-13(11)19-4/h5,7,9-10,17H,6,8H2,1-4H3. The summed E-state index contributed by atoms with van der Waals surface area (Å²) >= 11 is 2.36. The lowest BCUT2D eigenvalue weighted by Gasteiger charge is -2.23. The maximum Gasteiger partial charge on any atom is 0.220 e. The van der Waals surface area contributed by atoms with Crippen LogP contribution in [0.3, 0.4) is 0 Å². The molecule has 0 saturated carbocycles. The molecule has 6 heteroatoms. The first-order valence-corrected chi connectivity index (χ1v) is 8.30. The van der Waals surface area contributed by atoms with Gasteiger partial charge in [-0.25, -0.2) is 4.98 Å². The van der Waals surface area contributed by atoms with Crippen molar-refractivity contribution in [2.75, 3.05) is 13.7 Å². The molecule has 1 heterocycles. The maximum atomic E-state index is 11.8. The molecule has 20 heavy (non-hydrogen) atoms. The monoisotopic (exact) mass is 360 g/mol. The van der Waals surface area contributed by atoms with Crippen LogP contribution >= 0.6 is 15.9 Å². The van der Waals surface area contributed by atoms with Gasteiger partial charge in [-0.15, -0.1) is 4.72 Å². The van der Waals surface area contributed by atoms with Crippen molar-refractivity contribution in [2.45, 2.75) is 31.9 Å². The average molecular weight is 361 g/mol. The summed E-state index contributed by atoms with van der Waals surface area (Å²) in [5.41, 5.74) is 0.916. The van der Waals surface area contributed by atoms with Gasteiger partial charge in [0.25, 0.3) is 0 Å². The Kier molecular flexibility index (Phi) is 7.02. The molecule has 0 bridgehead atoms. The highest BCUT2D eigenvalue weighted by atomic mass is 79.9. The first kappa shape index (κ1) is 17.5. The molecule has 0 radical (unpaired) electrons. The Balaban J connectivity index is 2.48. The van der Waals surface area contributed by atoms with E-state index in [9.17, 15) is 4.55 Å². The second kappa shape index (κ2) is 8.02. The summed E-state index contributed by atoms with van der Waals surface area (Å²) in [6.45, 7) is 6.52. The Labute approximate surface area is 132 Å². The lowest BCUT2D eigenvalue weighted by atomic mass is 10.2. The Morgan fingerprint density at radius 2 is 2.20 bits per heavy atom. The number of pyridine rings is 1. The molecule has 1 rings (SSSR count). The van der Waals surface area contributed by atoms with E-state index in [1.165, 1.54) is 0 Å². The SMILES string of the molecule is COc1ncc(Br)cc1C=CCCN[S+]([O-])C(C)(C)C. The molecule has 112 valence electrons. The average Bonchev–Trinajstić information content (AvgIpc) is 2.37. The van der Waals surface area contributed by atoms with E-state index in [4.69, 9.17) is 4.74 Å². The first-order chi connectivity index (χ1) is 9.34. The summed E-state index contributed by atoms with van der Waals surface area (Å²) in [4.78, 5) is 4.17. The van der Waals surface area contributed by atoms with Crippen LogP contribution in [0.1, 0.15) is 32.8 Å². The van der Waals surface area contributed by atoms with Gasteiger partial charge in [0.1, 0.15) is 4.75 Å². The van der Waals surface area contributed by atoms with Gasteiger partial charge in [0, 0.05) is 34.1 Å². The second-order valence-corrected chi connectivity index (χ2v) is 8.19. The van der Waals surface area contributed by atoms with Gasteiger partial charge in [0.2, 0.25) is 5.88 Å². The number of nitrogens with one attached hydrogen (secondary N) is 1. The molecule has 0 amide bonds. The highest BCUT2D eigenvalue weighted by Crippen LogP contribution is 2.21. The molecule has 0 saturated heterocycles. The lowest BCUT2D eigenvalue weighted by molar-refractivity contribution is 0.396. The van der Waals surface area contributed by atoms with Crippen molar-refractivity contribution >= 4 is 33.4 Å². The van der Waals surface area contributed by atoms with Crippen LogP contribution in [0.25, 0.3) is 6.08 Å². The second-order valence-electron chi connectivity index (χ2n) is 5.22. The minimum absolute atomic E-state index is 0.235. The zero-order valence-corrected chi connectivity index (χ0v) is 14.7. The summed E-state index contributed by atoms with van der Waals surface area (Å²) in [5, 5.41) is 0. The predicted octanol–water partition coefficient (Wildman–Crippen LogP) is 3.31. The van der Waals surface area contributed by atoms with Gasteiger partial charge >= 0.3 is 0 Å². The molecule has 0 spiro atoms. The molecule has 0 aliphatic carbocycles. The van der Waals surface area contributed by atoms with Gasteiger partial charge in [-0.3, -0.25) is 0 Å². The van der Waals surface area contributed by atoms with Crippen molar-refractivity contribution < 1.29 is 9.29 Å². The van der Waals surface area contributed by atoms with Crippen molar-refractivity contribution in [1.29, 1.82) is 0 Å². The Morgan fingerprint density at radius 1 is 1.50 bits per heavy atom. The van der Waals surface area contributed by atoms with E-state index in [2.05, 4.69) is 25.6 Å². The van der Waals surface area contributed by atoms with Crippen LogP contribution < -0.4 is 9.46 Å². The number of hydrogen-bond donors (Lipinski definition) is 1. The summed E-state index contributed by atoms with van der Waals surface area (Å²) in [6.07, 6.45) is 6.46. The van der Waals surface area contributed by atoms with E-state index in [0.29, 0.717) is 12.4 Å². The fraction of sp³-hybridized carbons (Fsp3) is 0.500. The molecule has 0 aliphatic heterocycles. The van der Waals surface area contributed by atoms with Crippen LogP contribution in [0.4, 0.5) is 0 Å². The van der Waals surface area contributed by atoms with Crippen molar-refractivity contribution in [2.24, 2.45) is 0 Å². The number of halogens is 1. The molecule has 0 aromatic carbocycles. The van der Waals surface area contributed by atoms with Gasteiger partial charge in [0.15, 0.2) is 0 Å². The third kappa shape index (κ3) is 5.83. The largest absolute Gasteiger partial charge is 0.598 e. The van der Waals surface area contributed by atoms with Gasteiger partial charge < -0.3 is 9.29 Å². The predicted molar refractivity (Wildman–Crippen MR) is 88.0 cm³/mol. The van der Waals surface area contributed by atoms with Crippen molar-refractivity contribution in [1.82, 2.24) is 9.71 Å². The summed E-state index contributed by atoms with van der Waals surface area (Å²) < 4.78 is 20.7. The zero-order chi connectivity index (χ0) is 15.2. The topological polar surface area (TPSA) is 57.2 Å². The summed E-state index contributed by atoms with van der Waals surface area (Å²) in [6, 6.07) is 1.95. The third-order valence-corrected chi connectivity index (χ3v) is 4.45. The van der Waals surface area contributed by atoms with Gasteiger partial charge in [0.05, 0.1) is 7.11 Å². The molecule has 1 aromatic heterocycles. The van der Waals surface area contributed by atoms with Crippen LogP contribution in [-0.4, -0.2) is 27.9 Å². The number of nitrogens with zero attached hydrogens (tertiary/aromatic N) is 1. The Bertz CT molecular complexity index is 461. The molecule has 1 aromatic rings. The molecule has 1 N–H and O–H groups in total. The summed E-state index contributed by atoms with van der Waals surface area (Å²) in [5.74, 6) is 0.593. The van der Waals surface area contributed by atoms with Gasteiger partial charge in [-0.05, 0) is 49.2 Å². The van der Waals surface area contributed by atoms with Gasteiger partial charge in [-0.2, -0.15) is 0 Å². The molecular weight excluding hydrogens is 340 g/mol. The van der Waals surface area contributed by atoms with Crippen LogP contribution in [0.5, 0.6) is 5.88 Å². The normalized spacial score (nSPS) is 13.7. The first-order valence-electron chi connectivity index (χ1n) is 6.36. The Hall–Kier alpha value is -0.560. The fourth-order valence-electron chi connectivity index (χ4n) is 1.39. The van der Waals surface area contributed by atoms with Crippen LogP contribution in [0.2, 0.25) is 0 Å². The minimum atomic E-state index is -1.02. The fourth-order valence-corrected chi connectivity index (χ4v) is 2.48. The number of aromatic nitrogens is 1. The smallest absolute Gasteiger partial charge is 0.220 e. The Morgan fingerprint density at radius 3 is 2.80 bits per heavy atom. The van der Waals surface area contributed by atoms with Crippen LogP contribution in [0.15, 0.2) is 22.8 Å². The van der Waals surface area contributed by atoms with E-state index < -0.39 is 11.4 Å². The van der Waals surface area contributed by atoms with E-state index in [0.717, 1.165) is 16.5 Å². The molecule has 4 nitrogen and oxygen atoms in total. The van der Waals surface area contributed by atoms with Crippen molar-refractivity contribution in [3.63, 3.8) is 0 Å². The van der Waals surface area contributed by atoms with Crippen LogP contribution in [0, 0.1) is 0 Å². The number of methoxy groups -OCH3 is 1. The van der Waals surface area contributed by atoms with E-state index >= 15 is 0 Å². The molecule has 0 aliphatic rings. The van der Waals surface area contributed by atoms with Crippen molar-refractivity contribution in [3.8, 4) is 5.88 Å². The quantitative estimate of drug-likeness (QED) is 0.624. The van der Waals surface area contributed by atoms with E-state index in [1.807, 2.05) is 39.0 Å². The lowest BCUT2D eigenvalue weighted by Crippen LogP contribution is -2.39. The highest BCUT2D eigenvalue weighted by molar-refractivity contribution is 9.10. The molecule has 1 unspecified atom stereocenters. The maximum absolute atomic E-state index is 11.8.